The van der Waals surface area contributed by atoms with Gasteiger partial charge in [-0.15, -0.1) is 0 Å². The first-order valence-electron chi connectivity index (χ1n) is 11.2. The average Bonchev–Trinajstić information content (AvgIpc) is 3.47. The van der Waals surface area contributed by atoms with E-state index < -0.39 is 0 Å². The third kappa shape index (κ3) is 2.10. The third-order valence-corrected chi connectivity index (χ3v) is 6.99. The Morgan fingerprint density at radius 3 is 1.64 bits per heavy atom. The highest BCUT2D eigenvalue weighted by atomic mass is 16.3. The molecule has 0 aliphatic heterocycles. The van der Waals surface area contributed by atoms with Crippen LogP contribution in [0, 0.1) is 0 Å². The predicted octanol–water partition coefficient (Wildman–Crippen LogP) is 8.70. The molecule has 0 atom stereocenters. The Morgan fingerprint density at radius 2 is 0.939 bits per heavy atom. The minimum absolute atomic E-state index is 0.932. The van der Waals surface area contributed by atoms with E-state index in [1.807, 2.05) is 6.07 Å². The van der Waals surface area contributed by atoms with Gasteiger partial charge in [0.25, 0.3) is 0 Å². The number of benzene rings is 6. The quantitative estimate of drug-likeness (QED) is 0.196. The lowest BCUT2D eigenvalue weighted by Gasteiger charge is -2.14. The molecule has 0 amide bonds. The second kappa shape index (κ2) is 6.08. The normalized spacial score (nSPS) is 12.2. The minimum atomic E-state index is 0.932. The van der Waals surface area contributed by atoms with Gasteiger partial charge in [-0.25, -0.2) is 4.98 Å². The first-order valence-corrected chi connectivity index (χ1v) is 11.2. The van der Waals surface area contributed by atoms with E-state index in [0.717, 1.165) is 38.7 Å². The van der Waals surface area contributed by atoms with Gasteiger partial charge in [0.2, 0.25) is 0 Å². The number of furan rings is 2. The monoisotopic (exact) mass is 419 g/mol. The largest absolute Gasteiger partial charge is 0.455 e. The topological polar surface area (TPSA) is 26.0 Å². The van der Waals surface area contributed by atoms with Gasteiger partial charge in [0.1, 0.15) is 11.2 Å². The van der Waals surface area contributed by atoms with Gasteiger partial charge >= 0.3 is 0 Å². The molecule has 0 aliphatic carbocycles. The SMILES string of the molecule is c1ccc(-c2nc3c4ccccc4c4ccccc4c3c3c4oc(c5ccccc54)c23)cc1. The van der Waals surface area contributed by atoms with Crippen LogP contribution in [0.15, 0.2) is 108 Å². The highest BCUT2D eigenvalue weighted by molar-refractivity contribution is 6.40. The van der Waals surface area contributed by atoms with E-state index in [9.17, 15) is 0 Å². The van der Waals surface area contributed by atoms with Crippen molar-refractivity contribution in [3.05, 3.63) is 103 Å². The summed E-state index contributed by atoms with van der Waals surface area (Å²) in [6, 6.07) is 36.2. The Hall–Kier alpha value is -4.43. The van der Waals surface area contributed by atoms with Crippen LogP contribution in [0.4, 0.5) is 0 Å². The lowest BCUT2D eigenvalue weighted by molar-refractivity contribution is 0.682. The Kier molecular flexibility index (Phi) is 3.16. The summed E-state index contributed by atoms with van der Waals surface area (Å²) in [6.45, 7) is 0. The van der Waals surface area contributed by atoms with Crippen molar-refractivity contribution in [2.75, 3.05) is 0 Å². The molecule has 152 valence electrons. The number of nitrogens with zero attached hydrogens (tertiary/aromatic N) is 1. The maximum atomic E-state index is 6.54. The van der Waals surface area contributed by atoms with Crippen LogP contribution in [0.2, 0.25) is 0 Å². The number of hydrogen-bond donors (Lipinski definition) is 0. The van der Waals surface area contributed by atoms with E-state index in [1.54, 1.807) is 0 Å². The molecular formula is C31H17NO. The fourth-order valence-electron chi connectivity index (χ4n) is 5.62. The molecule has 0 N–H and O–H groups in total. The van der Waals surface area contributed by atoms with Crippen LogP contribution in [0.3, 0.4) is 0 Å². The summed E-state index contributed by atoms with van der Waals surface area (Å²) in [4.78, 5) is 5.37. The van der Waals surface area contributed by atoms with E-state index in [1.165, 1.54) is 37.7 Å². The van der Waals surface area contributed by atoms with Gasteiger partial charge < -0.3 is 4.42 Å². The van der Waals surface area contributed by atoms with Crippen molar-refractivity contribution in [3.8, 4) is 11.3 Å². The predicted molar refractivity (Wildman–Crippen MR) is 138 cm³/mol. The van der Waals surface area contributed by atoms with Crippen molar-refractivity contribution >= 4 is 65.2 Å². The zero-order valence-electron chi connectivity index (χ0n) is 17.7. The molecule has 8 aromatic rings. The number of rotatable bonds is 1. The highest BCUT2D eigenvalue weighted by Crippen LogP contribution is 2.49. The minimum Gasteiger partial charge on any atom is -0.455 e. The zero-order valence-corrected chi connectivity index (χ0v) is 17.7. The Morgan fingerprint density at radius 1 is 0.424 bits per heavy atom. The van der Waals surface area contributed by atoms with Gasteiger partial charge in [0.15, 0.2) is 0 Å². The second-order valence-corrected chi connectivity index (χ2v) is 8.70. The van der Waals surface area contributed by atoms with Crippen molar-refractivity contribution in [2.45, 2.75) is 0 Å². The van der Waals surface area contributed by atoms with Gasteiger partial charge in [-0.3, -0.25) is 0 Å². The highest BCUT2D eigenvalue weighted by Gasteiger charge is 2.25. The van der Waals surface area contributed by atoms with Crippen molar-refractivity contribution in [1.29, 1.82) is 0 Å². The van der Waals surface area contributed by atoms with E-state index >= 15 is 0 Å². The standard InChI is InChI=1S/C31H17NO/c1-2-10-18(11-3-1)28-27-26(30-23-16-8-9-17-24(23)31(27)33-30)25-21-14-6-4-12-19(21)20-13-5-7-15-22(20)29(25)32-28/h1-17H. The molecule has 3 aromatic heterocycles. The van der Waals surface area contributed by atoms with Gasteiger partial charge in [0, 0.05) is 32.5 Å². The molecule has 0 saturated carbocycles. The molecule has 0 spiro atoms. The zero-order chi connectivity index (χ0) is 21.5. The third-order valence-electron chi connectivity index (χ3n) is 6.99. The van der Waals surface area contributed by atoms with Crippen LogP contribution in [0.25, 0.3) is 76.4 Å². The number of hydrogen-bond acceptors (Lipinski definition) is 2. The molecule has 2 nitrogen and oxygen atoms in total. The summed E-state index contributed by atoms with van der Waals surface area (Å²) < 4.78 is 6.54. The molecule has 33 heavy (non-hydrogen) atoms. The summed E-state index contributed by atoms with van der Waals surface area (Å²) in [5.74, 6) is 0. The van der Waals surface area contributed by atoms with Crippen molar-refractivity contribution < 1.29 is 4.42 Å². The summed E-state index contributed by atoms with van der Waals surface area (Å²) in [7, 11) is 0. The summed E-state index contributed by atoms with van der Waals surface area (Å²) >= 11 is 0. The second-order valence-electron chi connectivity index (χ2n) is 8.70. The van der Waals surface area contributed by atoms with Crippen molar-refractivity contribution in [3.63, 3.8) is 0 Å². The van der Waals surface area contributed by atoms with Gasteiger partial charge in [0.05, 0.1) is 16.6 Å². The Balaban J connectivity index is 1.76. The lowest BCUT2D eigenvalue weighted by atomic mass is 9.91. The fraction of sp³-hybridized carbons (Fsp3) is 0. The van der Waals surface area contributed by atoms with E-state index in [2.05, 4.69) is 97.1 Å². The molecule has 0 aliphatic rings. The van der Waals surface area contributed by atoms with Crippen LogP contribution in [-0.2, 0) is 0 Å². The van der Waals surface area contributed by atoms with Crippen LogP contribution < -0.4 is 0 Å². The van der Waals surface area contributed by atoms with Crippen LogP contribution in [-0.4, -0.2) is 4.98 Å². The number of pyridine rings is 1. The molecule has 8 rings (SSSR count). The van der Waals surface area contributed by atoms with Gasteiger partial charge in [-0.05, 0) is 16.2 Å². The maximum absolute atomic E-state index is 6.54. The summed E-state index contributed by atoms with van der Waals surface area (Å²) in [5.41, 5.74) is 5.01. The molecular weight excluding hydrogens is 402 g/mol. The van der Waals surface area contributed by atoms with Crippen molar-refractivity contribution in [2.24, 2.45) is 0 Å². The maximum Gasteiger partial charge on any atom is 0.145 e. The van der Waals surface area contributed by atoms with Crippen LogP contribution in [0.5, 0.6) is 0 Å². The first kappa shape index (κ1) is 17.2. The van der Waals surface area contributed by atoms with Gasteiger partial charge in [-0.2, -0.15) is 0 Å². The molecule has 0 radical (unpaired) electrons. The lowest BCUT2D eigenvalue weighted by Crippen LogP contribution is -1.92. The molecule has 2 heteroatoms. The molecule has 0 unspecified atom stereocenters. The molecule has 3 heterocycles. The van der Waals surface area contributed by atoms with Crippen molar-refractivity contribution in [1.82, 2.24) is 4.98 Å². The van der Waals surface area contributed by atoms with Crippen LogP contribution >= 0.6 is 0 Å². The smallest absolute Gasteiger partial charge is 0.145 e. The number of aromatic nitrogens is 1. The van der Waals surface area contributed by atoms with E-state index in [-0.39, 0.29) is 0 Å². The first-order chi connectivity index (χ1) is 16.4. The van der Waals surface area contributed by atoms with Gasteiger partial charge in [-0.1, -0.05) is 103 Å². The summed E-state index contributed by atoms with van der Waals surface area (Å²) in [6.07, 6.45) is 0. The van der Waals surface area contributed by atoms with E-state index in [0.29, 0.717) is 0 Å². The molecule has 0 saturated heterocycles. The molecule has 5 aromatic carbocycles. The fourth-order valence-corrected chi connectivity index (χ4v) is 5.62. The summed E-state index contributed by atoms with van der Waals surface area (Å²) in [5, 5.41) is 10.7. The molecule has 2 bridgehead atoms. The number of fused-ring (bicyclic) bond motifs is 15. The van der Waals surface area contributed by atoms with E-state index in [4.69, 9.17) is 9.40 Å². The average molecular weight is 419 g/mol. The Bertz CT molecular complexity index is 2010. The molecule has 0 fully saturated rings. The Labute approximate surface area is 189 Å². The van der Waals surface area contributed by atoms with Crippen LogP contribution in [0.1, 0.15) is 0 Å².